The molecule has 3 aromatic rings. The van der Waals surface area contributed by atoms with Gasteiger partial charge in [-0.1, -0.05) is 36.4 Å². The summed E-state index contributed by atoms with van der Waals surface area (Å²) in [7, 11) is 3.11. The molecular formula is C27H25NO6S. The quantitative estimate of drug-likeness (QED) is 0.187. The van der Waals surface area contributed by atoms with Crippen molar-refractivity contribution < 1.29 is 24.0 Å². The number of nitro groups is 1. The van der Waals surface area contributed by atoms with E-state index in [0.717, 1.165) is 5.56 Å². The van der Waals surface area contributed by atoms with Crippen molar-refractivity contribution in [3.63, 3.8) is 0 Å². The standard InChI is InChI=1S/C27H25NO6S/c1-33-19-10-5-17(6-11-19)7-14-22(29)25-23(30)16-21(18-8-12-20(34-2)13-9-18)27(28(31)32)26(25)24-4-3-15-35-24/h3-15,21,25-27H,16H2,1-2H3/b14-7+/t21-,25?,26+,27+/m1/s1. The van der Waals surface area contributed by atoms with Crippen LogP contribution in [0.25, 0.3) is 6.08 Å². The summed E-state index contributed by atoms with van der Waals surface area (Å²) in [6.45, 7) is 0. The van der Waals surface area contributed by atoms with Gasteiger partial charge in [0, 0.05) is 16.2 Å². The zero-order valence-corrected chi connectivity index (χ0v) is 20.1. The molecule has 7 nitrogen and oxygen atoms in total. The molecule has 0 aliphatic heterocycles. The first kappa shape index (κ1) is 24.3. The van der Waals surface area contributed by atoms with E-state index in [1.54, 1.807) is 81.0 Å². The minimum atomic E-state index is -1.12. The molecule has 4 atom stereocenters. The lowest BCUT2D eigenvalue weighted by Crippen LogP contribution is -2.48. The Morgan fingerprint density at radius 1 is 1.03 bits per heavy atom. The molecule has 180 valence electrons. The smallest absolute Gasteiger partial charge is 0.229 e. The number of carbonyl (C=O) groups is 2. The molecule has 1 saturated carbocycles. The number of hydrogen-bond donors (Lipinski definition) is 0. The third kappa shape index (κ3) is 5.17. The number of methoxy groups -OCH3 is 2. The van der Waals surface area contributed by atoms with E-state index in [4.69, 9.17) is 9.47 Å². The molecule has 1 aromatic heterocycles. The van der Waals surface area contributed by atoms with Gasteiger partial charge < -0.3 is 9.47 Å². The molecule has 8 heteroatoms. The predicted octanol–water partition coefficient (Wildman–Crippen LogP) is 5.15. The van der Waals surface area contributed by atoms with Crippen LogP contribution in [0.4, 0.5) is 0 Å². The summed E-state index contributed by atoms with van der Waals surface area (Å²) in [6.07, 6.45) is 2.90. The summed E-state index contributed by atoms with van der Waals surface area (Å²) in [5, 5.41) is 14.2. The van der Waals surface area contributed by atoms with Crippen LogP contribution in [-0.4, -0.2) is 36.8 Å². The van der Waals surface area contributed by atoms with Crippen molar-refractivity contribution in [3.05, 3.63) is 98.2 Å². The number of Topliss-reactive ketones (excluding diaryl/α,β-unsaturated/α-hetero) is 1. The van der Waals surface area contributed by atoms with Gasteiger partial charge in [-0.05, 0) is 52.9 Å². The lowest BCUT2D eigenvalue weighted by Gasteiger charge is -2.36. The van der Waals surface area contributed by atoms with E-state index in [0.29, 0.717) is 21.9 Å². The van der Waals surface area contributed by atoms with Crippen LogP contribution in [0.3, 0.4) is 0 Å². The Balaban J connectivity index is 1.70. The van der Waals surface area contributed by atoms with Gasteiger partial charge in [-0.15, -0.1) is 11.3 Å². The molecule has 2 aromatic carbocycles. The molecule has 0 N–H and O–H groups in total. The maximum absolute atomic E-state index is 13.4. The van der Waals surface area contributed by atoms with Crippen LogP contribution in [0.1, 0.15) is 34.3 Å². The van der Waals surface area contributed by atoms with Crippen molar-refractivity contribution in [2.45, 2.75) is 24.3 Å². The van der Waals surface area contributed by atoms with Crippen LogP contribution in [0.2, 0.25) is 0 Å². The maximum atomic E-state index is 13.4. The van der Waals surface area contributed by atoms with Crippen LogP contribution >= 0.6 is 11.3 Å². The van der Waals surface area contributed by atoms with E-state index in [2.05, 4.69) is 0 Å². The number of nitrogens with zero attached hydrogens (tertiary/aromatic N) is 1. The molecule has 0 amide bonds. The van der Waals surface area contributed by atoms with Crippen molar-refractivity contribution in [3.8, 4) is 11.5 Å². The highest BCUT2D eigenvalue weighted by Crippen LogP contribution is 2.46. The van der Waals surface area contributed by atoms with Crippen molar-refractivity contribution in [2.75, 3.05) is 14.2 Å². The molecule has 0 spiro atoms. The summed E-state index contributed by atoms with van der Waals surface area (Å²) in [5.41, 5.74) is 1.44. The van der Waals surface area contributed by atoms with Gasteiger partial charge in [-0.3, -0.25) is 19.7 Å². The number of ether oxygens (including phenoxy) is 2. The lowest BCUT2D eigenvalue weighted by molar-refractivity contribution is -0.533. The Labute approximate surface area is 207 Å². The van der Waals surface area contributed by atoms with Gasteiger partial charge in [0.2, 0.25) is 6.04 Å². The third-order valence-corrected chi connectivity index (χ3v) is 7.40. The minimum absolute atomic E-state index is 0.0768. The summed E-state index contributed by atoms with van der Waals surface area (Å²) < 4.78 is 10.3. The van der Waals surface area contributed by atoms with Crippen LogP contribution in [0, 0.1) is 16.0 Å². The SMILES string of the molecule is COc1ccc(/C=C/C(=O)C2C(=O)C[C@H](c3ccc(OC)cc3)[C@H]([N+](=O)[O-])[C@H]2c2cccs2)cc1. The highest BCUT2D eigenvalue weighted by molar-refractivity contribution is 7.10. The number of thiophene rings is 1. The maximum Gasteiger partial charge on any atom is 0.229 e. The van der Waals surface area contributed by atoms with E-state index < -0.39 is 29.6 Å². The second kappa shape index (κ2) is 10.7. The molecule has 1 unspecified atom stereocenters. The molecule has 1 fully saturated rings. The molecule has 0 bridgehead atoms. The Kier molecular flexibility index (Phi) is 7.41. The number of allylic oxidation sites excluding steroid dienone is 1. The number of ketones is 2. The molecule has 1 aliphatic rings. The van der Waals surface area contributed by atoms with Crippen molar-refractivity contribution in [2.24, 2.45) is 5.92 Å². The van der Waals surface area contributed by atoms with Crippen molar-refractivity contribution >= 4 is 29.0 Å². The van der Waals surface area contributed by atoms with Crippen LogP contribution in [0.5, 0.6) is 11.5 Å². The number of carbonyl (C=O) groups excluding carboxylic acids is 2. The average Bonchev–Trinajstić information content (AvgIpc) is 3.41. The summed E-state index contributed by atoms with van der Waals surface area (Å²) in [5.74, 6) is -2.02. The molecule has 0 radical (unpaired) electrons. The first-order valence-corrected chi connectivity index (χ1v) is 12.0. The molecule has 4 rings (SSSR count). The predicted molar refractivity (Wildman–Crippen MR) is 134 cm³/mol. The fraction of sp³-hybridized carbons (Fsp3) is 0.259. The second-order valence-electron chi connectivity index (χ2n) is 8.35. The van der Waals surface area contributed by atoms with Crippen molar-refractivity contribution in [1.29, 1.82) is 0 Å². The fourth-order valence-electron chi connectivity index (χ4n) is 4.70. The van der Waals surface area contributed by atoms with Crippen molar-refractivity contribution in [1.82, 2.24) is 0 Å². The summed E-state index contributed by atoms with van der Waals surface area (Å²) in [4.78, 5) is 39.5. The molecule has 1 aliphatic carbocycles. The van der Waals surface area contributed by atoms with E-state index >= 15 is 0 Å². The van der Waals surface area contributed by atoms with E-state index in [-0.39, 0.29) is 17.1 Å². The fourth-order valence-corrected chi connectivity index (χ4v) is 5.61. The first-order valence-electron chi connectivity index (χ1n) is 11.1. The normalized spacial score (nSPS) is 22.2. The molecule has 0 saturated heterocycles. The van der Waals surface area contributed by atoms with Gasteiger partial charge in [0.05, 0.1) is 32.0 Å². The second-order valence-corrected chi connectivity index (χ2v) is 9.33. The topological polar surface area (TPSA) is 95.7 Å². The molecular weight excluding hydrogens is 466 g/mol. The van der Waals surface area contributed by atoms with Crippen LogP contribution in [0.15, 0.2) is 72.1 Å². The average molecular weight is 492 g/mol. The first-order chi connectivity index (χ1) is 16.9. The Hall–Kier alpha value is -3.78. The van der Waals surface area contributed by atoms with Gasteiger partial charge in [0.25, 0.3) is 0 Å². The number of rotatable bonds is 8. The monoisotopic (exact) mass is 491 g/mol. The minimum Gasteiger partial charge on any atom is -0.497 e. The summed E-state index contributed by atoms with van der Waals surface area (Å²) >= 11 is 1.33. The van der Waals surface area contributed by atoms with Crippen LogP contribution in [-0.2, 0) is 9.59 Å². The van der Waals surface area contributed by atoms with Gasteiger partial charge in [-0.2, -0.15) is 0 Å². The number of benzene rings is 2. The van der Waals surface area contributed by atoms with E-state index in [1.165, 1.54) is 17.4 Å². The highest BCUT2D eigenvalue weighted by atomic mass is 32.1. The largest absolute Gasteiger partial charge is 0.497 e. The zero-order valence-electron chi connectivity index (χ0n) is 19.3. The zero-order chi connectivity index (χ0) is 24.9. The Bertz CT molecular complexity index is 1220. The third-order valence-electron chi connectivity index (χ3n) is 6.43. The summed E-state index contributed by atoms with van der Waals surface area (Å²) in [6, 6.07) is 16.5. The number of hydrogen-bond acceptors (Lipinski definition) is 7. The lowest BCUT2D eigenvalue weighted by atomic mass is 9.66. The van der Waals surface area contributed by atoms with E-state index in [1.807, 2.05) is 5.38 Å². The van der Waals surface area contributed by atoms with Gasteiger partial charge in [0.1, 0.15) is 17.3 Å². The van der Waals surface area contributed by atoms with Crippen LogP contribution < -0.4 is 9.47 Å². The van der Waals surface area contributed by atoms with Gasteiger partial charge >= 0.3 is 0 Å². The van der Waals surface area contributed by atoms with E-state index in [9.17, 15) is 19.7 Å². The van der Waals surface area contributed by atoms with Gasteiger partial charge in [-0.25, -0.2) is 0 Å². The Morgan fingerprint density at radius 3 is 2.20 bits per heavy atom. The highest BCUT2D eigenvalue weighted by Gasteiger charge is 2.54. The van der Waals surface area contributed by atoms with Gasteiger partial charge in [0.15, 0.2) is 5.78 Å². The molecule has 1 heterocycles. The Morgan fingerprint density at radius 2 is 1.66 bits per heavy atom. The molecule has 35 heavy (non-hydrogen) atoms.